The average molecular weight is 317 g/mol. The predicted molar refractivity (Wildman–Crippen MR) is 76.6 cm³/mol. The summed E-state index contributed by atoms with van der Waals surface area (Å²) in [5.74, 6) is -0.252. The predicted octanol–water partition coefficient (Wildman–Crippen LogP) is 1.62. The minimum atomic E-state index is -0.552. The zero-order valence-electron chi connectivity index (χ0n) is 10.8. The van der Waals surface area contributed by atoms with E-state index in [4.69, 9.17) is 11.6 Å². The van der Waals surface area contributed by atoms with E-state index in [-0.39, 0.29) is 10.5 Å². The van der Waals surface area contributed by atoms with E-state index < -0.39 is 11.4 Å². The number of aromatic nitrogens is 6. The molecule has 4 aromatic rings. The first-order valence-electron chi connectivity index (χ1n) is 6.18. The molecular formula is C13H6ClFN6O. The van der Waals surface area contributed by atoms with Crippen molar-refractivity contribution in [3.63, 3.8) is 0 Å². The van der Waals surface area contributed by atoms with Crippen LogP contribution >= 0.6 is 11.6 Å². The van der Waals surface area contributed by atoms with Gasteiger partial charge in [-0.25, -0.2) is 4.39 Å². The van der Waals surface area contributed by atoms with Crippen LogP contribution < -0.4 is 5.56 Å². The van der Waals surface area contributed by atoms with Crippen molar-refractivity contribution in [2.24, 2.45) is 0 Å². The standard InChI is InChI=1S/C13H6ClFN6O/c14-8-5-7(1-2-9(8)15)20-4-3-10-11(12(20)22)18-19-13-16-6-17-21(10)13/h1-6H. The first-order chi connectivity index (χ1) is 10.6. The lowest BCUT2D eigenvalue weighted by molar-refractivity contribution is 0.627. The number of fused-ring (bicyclic) bond motifs is 3. The van der Waals surface area contributed by atoms with Gasteiger partial charge in [0.15, 0.2) is 5.52 Å². The molecule has 1 aromatic carbocycles. The Morgan fingerprint density at radius 2 is 2.05 bits per heavy atom. The van der Waals surface area contributed by atoms with Crippen LogP contribution in [0.1, 0.15) is 0 Å². The maximum atomic E-state index is 13.2. The fourth-order valence-corrected chi connectivity index (χ4v) is 2.36. The zero-order valence-corrected chi connectivity index (χ0v) is 11.6. The summed E-state index contributed by atoms with van der Waals surface area (Å²) in [6.45, 7) is 0. The first-order valence-corrected chi connectivity index (χ1v) is 6.56. The molecule has 3 heterocycles. The maximum Gasteiger partial charge on any atom is 0.285 e. The number of halogens is 2. The normalized spacial score (nSPS) is 11.4. The van der Waals surface area contributed by atoms with E-state index in [1.165, 1.54) is 39.8 Å². The Balaban J connectivity index is 2.03. The Bertz CT molecular complexity index is 1090. The van der Waals surface area contributed by atoms with Gasteiger partial charge in [0.25, 0.3) is 11.3 Å². The van der Waals surface area contributed by atoms with Crippen molar-refractivity contribution in [1.29, 1.82) is 0 Å². The second kappa shape index (κ2) is 4.57. The molecular weight excluding hydrogens is 311 g/mol. The molecule has 0 unspecified atom stereocenters. The molecule has 0 saturated carbocycles. The monoisotopic (exact) mass is 316 g/mol. The highest BCUT2D eigenvalue weighted by Gasteiger charge is 2.12. The van der Waals surface area contributed by atoms with Gasteiger partial charge in [-0.3, -0.25) is 9.36 Å². The number of benzene rings is 1. The minimum absolute atomic E-state index is 0.0673. The van der Waals surface area contributed by atoms with Gasteiger partial charge < -0.3 is 0 Å². The van der Waals surface area contributed by atoms with E-state index in [0.29, 0.717) is 17.0 Å². The Kier molecular flexibility index (Phi) is 2.67. The molecule has 0 amide bonds. The fraction of sp³-hybridized carbons (Fsp3) is 0. The third kappa shape index (κ3) is 1.77. The molecule has 0 fully saturated rings. The Morgan fingerprint density at radius 3 is 2.86 bits per heavy atom. The van der Waals surface area contributed by atoms with Crippen LogP contribution in [0.25, 0.3) is 22.5 Å². The Labute approximate surface area is 126 Å². The van der Waals surface area contributed by atoms with E-state index in [9.17, 15) is 9.18 Å². The van der Waals surface area contributed by atoms with Crippen molar-refractivity contribution in [2.45, 2.75) is 0 Å². The number of hydrogen-bond acceptors (Lipinski definition) is 5. The molecule has 7 nitrogen and oxygen atoms in total. The smallest absolute Gasteiger partial charge is 0.282 e. The van der Waals surface area contributed by atoms with E-state index in [1.54, 1.807) is 6.07 Å². The molecule has 0 atom stereocenters. The number of pyridine rings is 1. The highest BCUT2D eigenvalue weighted by Crippen LogP contribution is 2.18. The van der Waals surface area contributed by atoms with Crippen molar-refractivity contribution in [2.75, 3.05) is 0 Å². The van der Waals surface area contributed by atoms with Crippen LogP contribution in [0.3, 0.4) is 0 Å². The third-order valence-corrected chi connectivity index (χ3v) is 3.51. The fourth-order valence-electron chi connectivity index (χ4n) is 2.19. The van der Waals surface area contributed by atoms with Crippen LogP contribution in [0, 0.1) is 5.82 Å². The minimum Gasteiger partial charge on any atom is -0.282 e. The zero-order chi connectivity index (χ0) is 15.3. The van der Waals surface area contributed by atoms with Crippen LogP contribution in [-0.2, 0) is 0 Å². The largest absolute Gasteiger partial charge is 0.285 e. The van der Waals surface area contributed by atoms with Crippen LogP contribution in [0.5, 0.6) is 0 Å². The van der Waals surface area contributed by atoms with Gasteiger partial charge in [0.1, 0.15) is 17.7 Å². The van der Waals surface area contributed by atoms with E-state index in [0.717, 1.165) is 0 Å². The van der Waals surface area contributed by atoms with Crippen molar-refractivity contribution < 1.29 is 4.39 Å². The molecule has 0 aliphatic heterocycles. The van der Waals surface area contributed by atoms with Crippen LogP contribution in [0.15, 0.2) is 41.6 Å². The van der Waals surface area contributed by atoms with Crippen molar-refractivity contribution >= 4 is 28.4 Å². The maximum absolute atomic E-state index is 13.2. The number of rotatable bonds is 1. The Morgan fingerprint density at radius 1 is 1.18 bits per heavy atom. The van der Waals surface area contributed by atoms with Crippen molar-refractivity contribution in [1.82, 2.24) is 29.4 Å². The molecule has 0 bridgehead atoms. The molecule has 0 saturated heterocycles. The van der Waals surface area contributed by atoms with Crippen molar-refractivity contribution in [3.8, 4) is 5.69 Å². The molecule has 0 radical (unpaired) electrons. The van der Waals surface area contributed by atoms with E-state index in [2.05, 4.69) is 20.3 Å². The van der Waals surface area contributed by atoms with Gasteiger partial charge in [-0.2, -0.15) is 14.6 Å². The summed E-state index contributed by atoms with van der Waals surface area (Å²) in [7, 11) is 0. The van der Waals surface area contributed by atoms with Gasteiger partial charge in [0.2, 0.25) is 0 Å². The number of nitrogens with zero attached hydrogens (tertiary/aromatic N) is 6. The molecule has 22 heavy (non-hydrogen) atoms. The van der Waals surface area contributed by atoms with Crippen LogP contribution in [-0.4, -0.2) is 29.4 Å². The lowest BCUT2D eigenvalue weighted by Crippen LogP contribution is -2.20. The van der Waals surface area contributed by atoms with Crippen LogP contribution in [0.2, 0.25) is 5.02 Å². The second-order valence-corrected chi connectivity index (χ2v) is 4.90. The molecule has 4 rings (SSSR count). The van der Waals surface area contributed by atoms with Gasteiger partial charge >= 0.3 is 0 Å². The summed E-state index contributed by atoms with van der Waals surface area (Å²) in [6.07, 6.45) is 2.87. The summed E-state index contributed by atoms with van der Waals surface area (Å²) in [5, 5.41) is 11.7. The SMILES string of the molecule is O=c1c2nnc3ncnn3c2ccn1-c1ccc(F)c(Cl)c1. The Hall–Kier alpha value is -2.87. The molecule has 108 valence electrons. The van der Waals surface area contributed by atoms with Gasteiger partial charge in [-0.05, 0) is 24.3 Å². The molecule has 0 spiro atoms. The quantitative estimate of drug-likeness (QED) is 0.533. The molecule has 0 aliphatic carbocycles. The average Bonchev–Trinajstić information content (AvgIpc) is 2.99. The summed E-state index contributed by atoms with van der Waals surface area (Å²) >= 11 is 5.76. The van der Waals surface area contributed by atoms with Gasteiger partial charge in [-0.1, -0.05) is 11.6 Å². The first kappa shape index (κ1) is 12.8. The van der Waals surface area contributed by atoms with Crippen LogP contribution in [0.4, 0.5) is 4.39 Å². The van der Waals surface area contributed by atoms with Gasteiger partial charge in [0.05, 0.1) is 10.7 Å². The summed E-state index contributed by atoms with van der Waals surface area (Å²) in [6, 6.07) is 5.67. The molecule has 3 aromatic heterocycles. The number of hydrogen-bond donors (Lipinski definition) is 0. The highest BCUT2D eigenvalue weighted by molar-refractivity contribution is 6.30. The van der Waals surface area contributed by atoms with Gasteiger partial charge in [0, 0.05) is 6.20 Å². The highest BCUT2D eigenvalue weighted by atomic mass is 35.5. The summed E-state index contributed by atoms with van der Waals surface area (Å²) < 4.78 is 16.0. The lowest BCUT2D eigenvalue weighted by atomic mass is 10.3. The van der Waals surface area contributed by atoms with E-state index >= 15 is 0 Å². The lowest BCUT2D eigenvalue weighted by Gasteiger charge is -2.07. The van der Waals surface area contributed by atoms with Crippen molar-refractivity contribution in [3.05, 3.63) is 58.0 Å². The third-order valence-electron chi connectivity index (χ3n) is 3.22. The summed E-state index contributed by atoms with van der Waals surface area (Å²) in [4.78, 5) is 16.5. The van der Waals surface area contributed by atoms with E-state index in [1.807, 2.05) is 0 Å². The molecule has 0 aliphatic rings. The molecule has 9 heteroatoms. The second-order valence-electron chi connectivity index (χ2n) is 4.49. The van der Waals surface area contributed by atoms with Gasteiger partial charge in [-0.15, -0.1) is 10.2 Å². The molecule has 0 N–H and O–H groups in total. The topological polar surface area (TPSA) is 78.0 Å². The summed E-state index contributed by atoms with van der Waals surface area (Å²) in [5.41, 5.74) is 0.627.